The van der Waals surface area contributed by atoms with Crippen LogP contribution < -0.4 is 0 Å². The van der Waals surface area contributed by atoms with Gasteiger partial charge in [0, 0.05) is 0 Å². The van der Waals surface area contributed by atoms with Crippen LogP contribution >= 0.6 is 0 Å². The summed E-state index contributed by atoms with van der Waals surface area (Å²) in [5.41, 5.74) is 0. The second-order valence-electron chi connectivity index (χ2n) is 1.12. The molecule has 0 saturated heterocycles. The molecule has 0 heterocycles. The summed E-state index contributed by atoms with van der Waals surface area (Å²) in [5, 5.41) is 73.8. The van der Waals surface area contributed by atoms with Crippen LogP contribution in [0.1, 0.15) is 0 Å². The molecule has 0 aliphatic carbocycles. The molecule has 0 amide bonds. The topological polar surface area (TPSA) is 331 Å². The number of nitrogens with zero attached hydrogens (tertiary/aromatic N) is 5. The molecule has 120 valence electrons. The largest absolute Gasteiger partial charge is 3.00 e. The van der Waals surface area contributed by atoms with Gasteiger partial charge in [-0.1, -0.05) is 0 Å². The van der Waals surface area contributed by atoms with Crippen molar-refractivity contribution in [1.29, 1.82) is 0 Å². The van der Waals surface area contributed by atoms with Gasteiger partial charge in [-0.3, -0.25) is 0 Å². The zero-order chi connectivity index (χ0) is 17.9. The summed E-state index contributed by atoms with van der Waals surface area (Å²) in [6, 6.07) is 0. The van der Waals surface area contributed by atoms with E-state index in [0.717, 1.165) is 0 Å². The van der Waals surface area contributed by atoms with Gasteiger partial charge >= 0.3 is 78.2 Å². The average molecular weight is 487 g/mol. The first kappa shape index (κ1) is 42.8. The first-order valence-corrected chi connectivity index (χ1v) is 2.74. The van der Waals surface area contributed by atoms with Crippen molar-refractivity contribution in [1.82, 2.24) is 0 Å². The molecule has 22 heavy (non-hydrogen) atoms. The second-order valence-corrected chi connectivity index (χ2v) is 1.12. The third kappa shape index (κ3) is 2870. The quantitative estimate of drug-likeness (QED) is 0.211. The number of hydrogen-bond donors (Lipinski definition) is 0. The Balaban J connectivity index is -0.0000000250. The van der Waals surface area contributed by atoms with E-state index in [4.69, 9.17) is 76.6 Å². The molecule has 22 heteroatoms. The first-order valence-electron chi connectivity index (χ1n) is 2.74. The summed E-state index contributed by atoms with van der Waals surface area (Å²) >= 11 is 0. The van der Waals surface area contributed by atoms with Crippen molar-refractivity contribution in [2.45, 2.75) is 0 Å². The molecule has 0 aromatic carbocycles. The summed E-state index contributed by atoms with van der Waals surface area (Å²) in [7, 11) is 0. The predicted octanol–water partition coefficient (Wildman–Crippen LogP) is -1.58. The van der Waals surface area contributed by atoms with Crippen molar-refractivity contribution >= 4 is 45.5 Å². The molecule has 0 unspecified atom stereocenters. The van der Waals surface area contributed by atoms with Crippen LogP contribution in [0.5, 0.6) is 0 Å². The van der Waals surface area contributed by atoms with Gasteiger partial charge in [0.25, 0.3) is 0 Å². The van der Waals surface area contributed by atoms with Crippen LogP contribution in [0.15, 0.2) is 0 Å². The molecule has 0 atom stereocenters. The van der Waals surface area contributed by atoms with Gasteiger partial charge in [-0.25, -0.2) is 0 Å². The maximum atomic E-state index is 8.25. The second kappa shape index (κ2) is 36.7. The van der Waals surface area contributed by atoms with Gasteiger partial charge in [-0.05, 0) is 0 Å². The van der Waals surface area contributed by atoms with Gasteiger partial charge in [0.1, 0.15) is 0 Å². The Morgan fingerprint density at radius 3 is 0.364 bits per heavy atom. The molecule has 0 aliphatic heterocycles. The van der Waals surface area contributed by atoms with Gasteiger partial charge in [-0.15, -0.1) is 0 Å². The van der Waals surface area contributed by atoms with Crippen LogP contribution in [0.25, 0.3) is 0 Å². The van der Waals surface area contributed by atoms with Crippen LogP contribution in [0.4, 0.5) is 0 Å². The van der Waals surface area contributed by atoms with Gasteiger partial charge in [0.15, 0.2) is 0 Å². The minimum Gasteiger partial charge on any atom is -0.356 e. The van der Waals surface area contributed by atoms with Crippen molar-refractivity contribution in [2.75, 3.05) is 0 Å². The molecule has 0 rings (SSSR count). The average Bonchev–Trinajstić information content (AvgIpc) is 1.94. The molecule has 0 bridgehead atoms. The van der Waals surface area contributed by atoms with Crippen molar-refractivity contribution in [3.63, 3.8) is 0 Å². The Labute approximate surface area is 178 Å². The minimum absolute atomic E-state index is 0. The van der Waals surface area contributed by atoms with E-state index >= 15 is 0 Å². The maximum Gasteiger partial charge on any atom is 3.00 e. The van der Waals surface area contributed by atoms with E-state index in [0.29, 0.717) is 0 Å². The SMILES string of the molecule is O=[N+]([O-])[O-].O=[N+]([O-])[O-].O=[N+]([O-])[O-].O=[N+]([O-])[O-].O=[N+]([O-])[O-].[Sr+2].[Y+3]. The van der Waals surface area contributed by atoms with E-state index in [1.54, 1.807) is 0 Å². The Kier molecular flexibility index (Phi) is 71.3. The van der Waals surface area contributed by atoms with Crippen LogP contribution in [0, 0.1) is 76.6 Å². The molecule has 0 radical (unpaired) electrons. The summed E-state index contributed by atoms with van der Waals surface area (Å²) in [5.74, 6) is 0. The third-order valence-electron chi connectivity index (χ3n) is 0. The predicted molar refractivity (Wildman–Crippen MR) is 57.6 cm³/mol. The molecular formula is N5O15SrY. The van der Waals surface area contributed by atoms with E-state index in [2.05, 4.69) is 0 Å². The van der Waals surface area contributed by atoms with Gasteiger partial charge in [-0.2, -0.15) is 0 Å². The van der Waals surface area contributed by atoms with Crippen LogP contribution in [-0.2, 0) is 32.7 Å². The number of hydrogen-bond acceptors (Lipinski definition) is 15. The van der Waals surface area contributed by atoms with Crippen molar-refractivity contribution < 1.29 is 58.1 Å². The van der Waals surface area contributed by atoms with E-state index < -0.39 is 25.4 Å². The Hall–Kier alpha value is -1.42. The first-order chi connectivity index (χ1) is 8.66. The van der Waals surface area contributed by atoms with Crippen molar-refractivity contribution in [3.05, 3.63) is 76.6 Å². The monoisotopic (exact) mass is 487 g/mol. The zero-order valence-corrected chi connectivity index (χ0v) is 16.0. The molecule has 0 N–H and O–H groups in total. The standard InChI is InChI=1S/5NO3.Sr.Y/c5*2-1(3)4;;/q5*-1;+2;+3. The van der Waals surface area contributed by atoms with Crippen LogP contribution in [-0.4, -0.2) is 70.9 Å². The zero-order valence-electron chi connectivity index (χ0n) is 9.64. The number of rotatable bonds is 0. The Bertz CT molecular complexity index is 213. The molecule has 0 aliphatic rings. The van der Waals surface area contributed by atoms with Crippen molar-refractivity contribution in [3.8, 4) is 0 Å². The van der Waals surface area contributed by atoms with E-state index in [9.17, 15) is 0 Å². The molecule has 0 aromatic heterocycles. The summed E-state index contributed by atoms with van der Waals surface area (Å²) < 4.78 is 0. The van der Waals surface area contributed by atoms with E-state index in [-0.39, 0.29) is 78.2 Å². The third-order valence-corrected chi connectivity index (χ3v) is 0. The molecule has 0 spiro atoms. The normalized spacial score (nSPS) is 5.45. The molecule has 0 aromatic rings. The van der Waals surface area contributed by atoms with Crippen LogP contribution in [0.3, 0.4) is 0 Å². The summed E-state index contributed by atoms with van der Waals surface area (Å²) in [4.78, 5) is 41.2. The fraction of sp³-hybridized carbons (Fsp3) is 0. The summed E-state index contributed by atoms with van der Waals surface area (Å²) in [6.07, 6.45) is 0. The molecule has 0 saturated carbocycles. The Morgan fingerprint density at radius 1 is 0.364 bits per heavy atom. The minimum atomic E-state index is -1.75. The van der Waals surface area contributed by atoms with Crippen molar-refractivity contribution in [2.24, 2.45) is 0 Å². The van der Waals surface area contributed by atoms with Crippen LogP contribution in [0.2, 0.25) is 0 Å². The summed E-state index contributed by atoms with van der Waals surface area (Å²) in [6.45, 7) is 0. The van der Waals surface area contributed by atoms with E-state index in [1.807, 2.05) is 0 Å². The molecule has 20 nitrogen and oxygen atoms in total. The Morgan fingerprint density at radius 2 is 0.364 bits per heavy atom. The maximum absolute atomic E-state index is 8.25. The molecular weight excluding hydrogens is 487 g/mol. The fourth-order valence-electron chi connectivity index (χ4n) is 0. The van der Waals surface area contributed by atoms with Gasteiger partial charge in [0.2, 0.25) is 0 Å². The van der Waals surface area contributed by atoms with Gasteiger partial charge < -0.3 is 76.6 Å². The van der Waals surface area contributed by atoms with Gasteiger partial charge in [0.05, 0.1) is 25.4 Å². The fourth-order valence-corrected chi connectivity index (χ4v) is 0. The molecule has 0 fully saturated rings. The van der Waals surface area contributed by atoms with E-state index in [1.165, 1.54) is 0 Å². The smallest absolute Gasteiger partial charge is 0.356 e.